The summed E-state index contributed by atoms with van der Waals surface area (Å²) < 4.78 is 10.5. The lowest BCUT2D eigenvalue weighted by Crippen LogP contribution is -2.49. The van der Waals surface area contributed by atoms with Gasteiger partial charge in [-0.2, -0.15) is 0 Å². The Bertz CT molecular complexity index is 345. The second-order valence-corrected chi connectivity index (χ2v) is 5.01. The van der Waals surface area contributed by atoms with Gasteiger partial charge in [-0.15, -0.1) is 0 Å². The minimum absolute atomic E-state index is 0.281. The van der Waals surface area contributed by atoms with Crippen molar-refractivity contribution in [3.05, 3.63) is 12.2 Å². The molecule has 1 N–H and O–H groups in total. The first-order chi connectivity index (χ1) is 8.29. The third-order valence-corrected chi connectivity index (χ3v) is 2.25. The maximum atomic E-state index is 11.9. The van der Waals surface area contributed by atoms with Gasteiger partial charge in [0.05, 0.1) is 19.3 Å². The molecular weight excluding hydrogens is 238 g/mol. The normalized spacial score (nSPS) is 21.1. The van der Waals surface area contributed by atoms with Gasteiger partial charge >= 0.3 is 12.1 Å². The van der Waals surface area contributed by atoms with E-state index in [1.807, 2.05) is 0 Å². The summed E-state index contributed by atoms with van der Waals surface area (Å²) in [7, 11) is 0. The van der Waals surface area contributed by atoms with Crippen molar-refractivity contribution in [1.82, 2.24) is 4.90 Å². The molecule has 1 aliphatic rings. The molecule has 1 amide bonds. The molecule has 1 aliphatic heterocycles. The van der Waals surface area contributed by atoms with Gasteiger partial charge in [-0.3, -0.25) is 4.90 Å². The number of amides is 1. The maximum absolute atomic E-state index is 11.9. The van der Waals surface area contributed by atoms with Gasteiger partial charge in [0.2, 0.25) is 0 Å². The zero-order valence-electron chi connectivity index (χ0n) is 10.9. The monoisotopic (exact) mass is 257 g/mol. The Balaban J connectivity index is 2.70. The Hall–Kier alpha value is -1.56. The molecule has 18 heavy (non-hydrogen) atoms. The second-order valence-electron chi connectivity index (χ2n) is 5.01. The zero-order chi connectivity index (χ0) is 13.8. The lowest BCUT2D eigenvalue weighted by molar-refractivity contribution is -0.131. The molecular formula is C12H19NO5. The van der Waals surface area contributed by atoms with Gasteiger partial charge in [-0.25, -0.2) is 9.59 Å². The molecule has 0 aliphatic carbocycles. The van der Waals surface area contributed by atoms with Gasteiger partial charge in [0.1, 0.15) is 5.60 Å². The van der Waals surface area contributed by atoms with Crippen LogP contribution in [0.5, 0.6) is 0 Å². The minimum Gasteiger partial charge on any atom is -0.478 e. The lowest BCUT2D eigenvalue weighted by Gasteiger charge is -2.35. The molecule has 0 saturated carbocycles. The molecule has 1 unspecified atom stereocenters. The summed E-state index contributed by atoms with van der Waals surface area (Å²) in [6, 6.07) is -0.398. The highest BCUT2D eigenvalue weighted by molar-refractivity contribution is 5.80. The summed E-state index contributed by atoms with van der Waals surface area (Å²) in [6.45, 7) is 6.46. The van der Waals surface area contributed by atoms with Crippen LogP contribution in [0.1, 0.15) is 20.8 Å². The summed E-state index contributed by atoms with van der Waals surface area (Å²) in [4.78, 5) is 23.9. The highest BCUT2D eigenvalue weighted by Gasteiger charge is 2.29. The van der Waals surface area contributed by atoms with Gasteiger partial charge in [-0.05, 0) is 20.8 Å². The van der Waals surface area contributed by atoms with Crippen LogP contribution in [-0.2, 0) is 14.3 Å². The van der Waals surface area contributed by atoms with Gasteiger partial charge in [0.25, 0.3) is 0 Å². The van der Waals surface area contributed by atoms with Crippen molar-refractivity contribution >= 4 is 12.1 Å². The number of rotatable bonds is 2. The van der Waals surface area contributed by atoms with Gasteiger partial charge in [-0.1, -0.05) is 6.08 Å². The Labute approximate surface area is 106 Å². The van der Waals surface area contributed by atoms with Crippen LogP contribution in [0.2, 0.25) is 0 Å². The number of carbonyl (C=O) groups is 2. The van der Waals surface area contributed by atoms with Crippen LogP contribution in [0, 0.1) is 0 Å². The summed E-state index contributed by atoms with van der Waals surface area (Å²) in [5.74, 6) is -1.05. The van der Waals surface area contributed by atoms with Crippen LogP contribution in [0.3, 0.4) is 0 Å². The quantitative estimate of drug-likeness (QED) is 0.754. The molecule has 0 bridgehead atoms. The predicted molar refractivity (Wildman–Crippen MR) is 64.3 cm³/mol. The van der Waals surface area contributed by atoms with Crippen LogP contribution in [0.25, 0.3) is 0 Å². The van der Waals surface area contributed by atoms with Gasteiger partial charge in [0, 0.05) is 12.6 Å². The largest absolute Gasteiger partial charge is 0.478 e. The Morgan fingerprint density at radius 3 is 2.67 bits per heavy atom. The van der Waals surface area contributed by atoms with Crippen LogP contribution < -0.4 is 0 Å². The Morgan fingerprint density at radius 1 is 1.44 bits per heavy atom. The molecule has 0 spiro atoms. The number of aliphatic carboxylic acids is 1. The first-order valence-electron chi connectivity index (χ1n) is 5.78. The topological polar surface area (TPSA) is 76.1 Å². The number of carboxylic acids is 1. The Kier molecular flexibility index (Phi) is 4.72. The van der Waals surface area contributed by atoms with E-state index in [-0.39, 0.29) is 6.61 Å². The number of nitrogens with zero attached hydrogens (tertiary/aromatic N) is 1. The minimum atomic E-state index is -1.05. The van der Waals surface area contributed by atoms with E-state index in [2.05, 4.69) is 0 Å². The van der Waals surface area contributed by atoms with E-state index < -0.39 is 23.7 Å². The van der Waals surface area contributed by atoms with Crippen molar-refractivity contribution < 1.29 is 24.2 Å². The van der Waals surface area contributed by atoms with Crippen molar-refractivity contribution in [2.24, 2.45) is 0 Å². The van der Waals surface area contributed by atoms with E-state index in [1.54, 1.807) is 20.8 Å². The number of hydrogen-bond acceptors (Lipinski definition) is 4. The predicted octanol–water partition coefficient (Wildman–Crippen LogP) is 1.26. The van der Waals surface area contributed by atoms with Gasteiger partial charge in [0.15, 0.2) is 0 Å². The molecule has 0 radical (unpaired) electrons. The molecule has 6 nitrogen and oxygen atoms in total. The van der Waals surface area contributed by atoms with Crippen molar-refractivity contribution in [2.75, 3.05) is 19.8 Å². The molecule has 1 rings (SSSR count). The summed E-state index contributed by atoms with van der Waals surface area (Å²) in [5, 5.41) is 8.59. The molecule has 1 fully saturated rings. The molecule has 0 aromatic rings. The average Bonchev–Trinajstić information content (AvgIpc) is 2.24. The smallest absolute Gasteiger partial charge is 0.410 e. The first kappa shape index (κ1) is 14.5. The van der Waals surface area contributed by atoms with Crippen LogP contribution >= 0.6 is 0 Å². The number of morpholine rings is 1. The molecule has 1 heterocycles. The Morgan fingerprint density at radius 2 is 2.11 bits per heavy atom. The van der Waals surface area contributed by atoms with E-state index >= 15 is 0 Å². The van der Waals surface area contributed by atoms with Crippen LogP contribution in [0.4, 0.5) is 4.79 Å². The summed E-state index contributed by atoms with van der Waals surface area (Å²) in [5.41, 5.74) is -0.573. The summed E-state index contributed by atoms with van der Waals surface area (Å²) >= 11 is 0. The van der Waals surface area contributed by atoms with Crippen molar-refractivity contribution in [1.29, 1.82) is 0 Å². The molecule has 1 saturated heterocycles. The van der Waals surface area contributed by atoms with Crippen LogP contribution in [0.15, 0.2) is 12.2 Å². The SMILES string of the molecule is CC(C)(C)OC(=O)N1CCOCC1/C=C/C(=O)O. The highest BCUT2D eigenvalue weighted by Crippen LogP contribution is 2.15. The summed E-state index contributed by atoms with van der Waals surface area (Å²) in [6.07, 6.45) is 1.99. The van der Waals surface area contributed by atoms with Crippen molar-refractivity contribution in [3.63, 3.8) is 0 Å². The molecule has 1 atom stereocenters. The highest BCUT2D eigenvalue weighted by atomic mass is 16.6. The fraction of sp³-hybridized carbons (Fsp3) is 0.667. The number of ether oxygens (including phenoxy) is 2. The van der Waals surface area contributed by atoms with Crippen molar-refractivity contribution in [3.8, 4) is 0 Å². The van der Waals surface area contributed by atoms with E-state index in [4.69, 9.17) is 14.6 Å². The third kappa shape index (κ3) is 4.75. The number of carbonyl (C=O) groups excluding carboxylic acids is 1. The molecule has 0 aromatic heterocycles. The van der Waals surface area contributed by atoms with E-state index in [0.29, 0.717) is 13.2 Å². The van der Waals surface area contributed by atoms with E-state index in [1.165, 1.54) is 11.0 Å². The molecule has 102 valence electrons. The molecule has 0 aromatic carbocycles. The lowest BCUT2D eigenvalue weighted by atomic mass is 10.2. The number of hydrogen-bond donors (Lipinski definition) is 1. The van der Waals surface area contributed by atoms with E-state index in [9.17, 15) is 9.59 Å². The first-order valence-corrected chi connectivity index (χ1v) is 5.78. The third-order valence-electron chi connectivity index (χ3n) is 2.25. The van der Waals surface area contributed by atoms with Gasteiger partial charge < -0.3 is 14.6 Å². The number of carboxylic acid groups (broad SMARTS) is 1. The second kappa shape index (κ2) is 5.86. The fourth-order valence-electron chi connectivity index (χ4n) is 1.52. The van der Waals surface area contributed by atoms with E-state index in [0.717, 1.165) is 6.08 Å². The standard InChI is InChI=1S/C12H19NO5/c1-12(2,3)18-11(16)13-6-7-17-8-9(13)4-5-10(14)15/h4-5,9H,6-8H2,1-3H3,(H,14,15)/b5-4+. The molecule has 6 heteroatoms. The zero-order valence-corrected chi connectivity index (χ0v) is 10.9. The van der Waals surface area contributed by atoms with Crippen molar-refractivity contribution in [2.45, 2.75) is 32.4 Å². The van der Waals surface area contributed by atoms with Crippen LogP contribution in [-0.4, -0.2) is 53.5 Å². The average molecular weight is 257 g/mol. The maximum Gasteiger partial charge on any atom is 0.410 e. The fourth-order valence-corrected chi connectivity index (χ4v) is 1.52.